The van der Waals surface area contributed by atoms with Gasteiger partial charge in [0.15, 0.2) is 5.82 Å². The van der Waals surface area contributed by atoms with E-state index in [2.05, 4.69) is 44.4 Å². The zero-order valence-electron chi connectivity index (χ0n) is 12.2. The number of aryl methyl sites for hydroxylation is 2. The minimum atomic E-state index is -0.0537. The molecule has 8 nitrogen and oxygen atoms in total. The van der Waals surface area contributed by atoms with Gasteiger partial charge in [0.25, 0.3) is 5.78 Å². The van der Waals surface area contributed by atoms with Gasteiger partial charge in [0.2, 0.25) is 5.89 Å². The molecule has 3 aromatic rings. The third-order valence-corrected chi connectivity index (χ3v) is 3.25. The predicted octanol–water partition coefficient (Wildman–Crippen LogP) is 1.94. The van der Waals surface area contributed by atoms with Gasteiger partial charge in [-0.1, -0.05) is 19.0 Å². The van der Waals surface area contributed by atoms with E-state index in [9.17, 15) is 0 Å². The summed E-state index contributed by atoms with van der Waals surface area (Å²) in [7, 11) is 0. The monoisotopic (exact) mass is 287 g/mol. The van der Waals surface area contributed by atoms with Gasteiger partial charge in [0.1, 0.15) is 12.1 Å². The Morgan fingerprint density at radius 2 is 2.19 bits per heavy atom. The molecule has 8 heteroatoms. The van der Waals surface area contributed by atoms with Crippen molar-refractivity contribution in [2.45, 2.75) is 39.7 Å². The summed E-state index contributed by atoms with van der Waals surface area (Å²) in [6.45, 7) is 5.89. The fraction of sp³-hybridized carbons (Fsp3) is 0.462. The zero-order valence-corrected chi connectivity index (χ0v) is 12.2. The molecule has 3 rings (SSSR count). The Morgan fingerprint density at radius 1 is 1.33 bits per heavy atom. The molecular formula is C13H17N7O. The van der Waals surface area contributed by atoms with E-state index in [-0.39, 0.29) is 6.04 Å². The van der Waals surface area contributed by atoms with Crippen molar-refractivity contribution in [1.29, 1.82) is 0 Å². The quantitative estimate of drug-likeness (QED) is 0.766. The zero-order chi connectivity index (χ0) is 14.8. The molecule has 3 heterocycles. The minimum absolute atomic E-state index is 0.0537. The lowest BCUT2D eigenvalue weighted by atomic mass is 10.2. The first kappa shape index (κ1) is 13.5. The summed E-state index contributed by atoms with van der Waals surface area (Å²) < 4.78 is 6.73. The Bertz CT molecular complexity index is 748. The van der Waals surface area contributed by atoms with Gasteiger partial charge in [-0.2, -0.15) is 19.6 Å². The molecule has 0 aliphatic carbocycles. The molecule has 0 saturated carbocycles. The van der Waals surface area contributed by atoms with Crippen LogP contribution in [0.25, 0.3) is 5.78 Å². The second-order valence-electron chi connectivity index (χ2n) is 4.73. The van der Waals surface area contributed by atoms with E-state index in [1.807, 2.05) is 6.07 Å². The molecule has 0 spiro atoms. The lowest BCUT2D eigenvalue weighted by Gasteiger charge is -2.15. The summed E-state index contributed by atoms with van der Waals surface area (Å²) in [5.41, 5.74) is 0.956. The fourth-order valence-corrected chi connectivity index (χ4v) is 2.13. The summed E-state index contributed by atoms with van der Waals surface area (Å²) >= 11 is 0. The Labute approximate surface area is 121 Å². The van der Waals surface area contributed by atoms with E-state index >= 15 is 0 Å². The highest BCUT2D eigenvalue weighted by Gasteiger charge is 2.17. The van der Waals surface area contributed by atoms with Crippen molar-refractivity contribution < 1.29 is 4.52 Å². The predicted molar refractivity (Wildman–Crippen MR) is 75.8 cm³/mol. The van der Waals surface area contributed by atoms with Gasteiger partial charge in [-0.25, -0.2) is 4.98 Å². The van der Waals surface area contributed by atoms with E-state index in [1.165, 1.54) is 6.33 Å². The fourth-order valence-electron chi connectivity index (χ4n) is 2.13. The summed E-state index contributed by atoms with van der Waals surface area (Å²) in [5.74, 6) is 2.60. The third-order valence-electron chi connectivity index (χ3n) is 3.25. The van der Waals surface area contributed by atoms with E-state index in [4.69, 9.17) is 4.52 Å². The van der Waals surface area contributed by atoms with Crippen molar-refractivity contribution in [3.8, 4) is 0 Å². The van der Waals surface area contributed by atoms with Crippen LogP contribution in [0.1, 0.15) is 43.7 Å². The van der Waals surface area contributed by atoms with Crippen LogP contribution in [0.4, 0.5) is 5.82 Å². The van der Waals surface area contributed by atoms with Crippen molar-refractivity contribution >= 4 is 11.6 Å². The highest BCUT2D eigenvalue weighted by atomic mass is 16.5. The average molecular weight is 287 g/mol. The summed E-state index contributed by atoms with van der Waals surface area (Å²) in [4.78, 5) is 12.9. The van der Waals surface area contributed by atoms with Crippen LogP contribution >= 0.6 is 0 Å². The molecule has 1 N–H and O–H groups in total. The number of anilines is 1. The first-order valence-corrected chi connectivity index (χ1v) is 6.97. The van der Waals surface area contributed by atoms with E-state index in [0.717, 1.165) is 24.4 Å². The van der Waals surface area contributed by atoms with Gasteiger partial charge in [-0.3, -0.25) is 0 Å². The largest absolute Gasteiger partial charge is 0.360 e. The summed E-state index contributed by atoms with van der Waals surface area (Å²) in [5, 5.41) is 11.6. The van der Waals surface area contributed by atoms with Crippen molar-refractivity contribution in [1.82, 2.24) is 29.7 Å². The molecule has 0 aliphatic rings. The van der Waals surface area contributed by atoms with E-state index < -0.39 is 0 Å². The van der Waals surface area contributed by atoms with Crippen LogP contribution in [0, 0.1) is 6.92 Å². The number of hydrogen-bond donors (Lipinski definition) is 1. The van der Waals surface area contributed by atoms with E-state index in [0.29, 0.717) is 17.5 Å². The summed E-state index contributed by atoms with van der Waals surface area (Å²) in [6, 6.07) is 1.92. The normalized spacial score (nSPS) is 12.7. The molecule has 0 fully saturated rings. The minimum Gasteiger partial charge on any atom is -0.360 e. The van der Waals surface area contributed by atoms with Crippen molar-refractivity contribution in [3.63, 3.8) is 0 Å². The molecule has 1 unspecified atom stereocenters. The maximum Gasteiger partial charge on any atom is 0.254 e. The molecule has 110 valence electrons. The van der Waals surface area contributed by atoms with Crippen LogP contribution in [0.5, 0.6) is 0 Å². The van der Waals surface area contributed by atoms with Gasteiger partial charge in [0.05, 0.1) is 6.04 Å². The van der Waals surface area contributed by atoms with Crippen LogP contribution in [-0.2, 0) is 6.42 Å². The summed E-state index contributed by atoms with van der Waals surface area (Å²) in [6.07, 6.45) is 3.14. The number of hydrogen-bond acceptors (Lipinski definition) is 7. The van der Waals surface area contributed by atoms with Gasteiger partial charge in [-0.15, -0.1) is 0 Å². The molecule has 3 aromatic heterocycles. The second kappa shape index (κ2) is 5.47. The smallest absolute Gasteiger partial charge is 0.254 e. The van der Waals surface area contributed by atoms with Gasteiger partial charge < -0.3 is 9.84 Å². The topological polar surface area (TPSA) is 94.0 Å². The number of nitrogens with one attached hydrogen (secondary N) is 1. The molecule has 0 amide bonds. The maximum absolute atomic E-state index is 5.05. The molecule has 0 aromatic carbocycles. The number of aromatic nitrogens is 6. The third kappa shape index (κ3) is 2.56. The van der Waals surface area contributed by atoms with Crippen LogP contribution in [0.15, 0.2) is 16.9 Å². The Hall–Kier alpha value is -2.51. The van der Waals surface area contributed by atoms with Crippen LogP contribution in [-0.4, -0.2) is 29.7 Å². The molecule has 0 aliphatic heterocycles. The van der Waals surface area contributed by atoms with Gasteiger partial charge in [-0.05, 0) is 12.8 Å². The molecule has 21 heavy (non-hydrogen) atoms. The first-order chi connectivity index (χ1) is 10.2. The molecule has 0 saturated heterocycles. The van der Waals surface area contributed by atoms with Gasteiger partial charge >= 0.3 is 0 Å². The van der Waals surface area contributed by atoms with Crippen molar-refractivity contribution in [3.05, 3.63) is 29.8 Å². The van der Waals surface area contributed by atoms with Crippen molar-refractivity contribution in [2.24, 2.45) is 0 Å². The van der Waals surface area contributed by atoms with Gasteiger partial charge in [0, 0.05) is 18.7 Å². The van der Waals surface area contributed by atoms with Crippen LogP contribution in [0.2, 0.25) is 0 Å². The van der Waals surface area contributed by atoms with Crippen LogP contribution < -0.4 is 5.32 Å². The van der Waals surface area contributed by atoms with E-state index in [1.54, 1.807) is 11.4 Å². The van der Waals surface area contributed by atoms with Crippen molar-refractivity contribution in [2.75, 3.05) is 5.32 Å². The number of rotatable bonds is 5. The Balaban J connectivity index is 1.97. The second-order valence-corrected chi connectivity index (χ2v) is 4.73. The lowest BCUT2D eigenvalue weighted by molar-refractivity contribution is 0.384. The standard InChI is InChI=1S/C13H17N7O/c1-4-9-6-11(20-13(17-9)14-7-15-20)18-10(5-2)12-16-8(3)21-19-12/h6-7,10,18H,4-5H2,1-3H3. The first-order valence-electron chi connectivity index (χ1n) is 6.97. The highest BCUT2D eigenvalue weighted by Crippen LogP contribution is 2.21. The molecule has 1 atom stereocenters. The maximum atomic E-state index is 5.05. The molecule has 0 radical (unpaired) electrons. The SMILES string of the molecule is CCc1cc(NC(CC)c2noc(C)n2)n2ncnc2n1. The lowest BCUT2D eigenvalue weighted by Crippen LogP contribution is -2.15. The number of fused-ring (bicyclic) bond motifs is 1. The Kier molecular flexibility index (Phi) is 3.51. The number of nitrogens with zero attached hydrogens (tertiary/aromatic N) is 6. The Morgan fingerprint density at radius 3 is 2.86 bits per heavy atom. The average Bonchev–Trinajstić information content (AvgIpc) is 3.12. The van der Waals surface area contributed by atoms with Crippen LogP contribution in [0.3, 0.4) is 0 Å². The molecule has 0 bridgehead atoms. The molecular weight excluding hydrogens is 270 g/mol. The highest BCUT2D eigenvalue weighted by molar-refractivity contribution is 5.46.